The second kappa shape index (κ2) is 7.70. The van der Waals surface area contributed by atoms with Crippen LogP contribution < -0.4 is 11.1 Å². The van der Waals surface area contributed by atoms with Crippen molar-refractivity contribution in [3.63, 3.8) is 0 Å². The number of carbonyl (C=O) groups is 2. The van der Waals surface area contributed by atoms with Crippen molar-refractivity contribution in [1.29, 1.82) is 0 Å². The Morgan fingerprint density at radius 2 is 2.00 bits per heavy atom. The molecule has 1 aliphatic carbocycles. The van der Waals surface area contributed by atoms with Crippen molar-refractivity contribution in [2.45, 2.75) is 58.0 Å². The van der Waals surface area contributed by atoms with E-state index in [9.17, 15) is 9.59 Å². The Balaban J connectivity index is 0.00000324. The highest BCUT2D eigenvalue weighted by Gasteiger charge is 2.34. The Bertz CT molecular complexity index is 321. The fraction of sp³-hybridized carbons (Fsp3) is 0.846. The molecule has 0 saturated heterocycles. The molecule has 5 nitrogen and oxygen atoms in total. The molecule has 1 fully saturated rings. The summed E-state index contributed by atoms with van der Waals surface area (Å²) in [6, 6.07) is 0.0974. The molecule has 0 bridgehead atoms. The lowest BCUT2D eigenvalue weighted by molar-refractivity contribution is -0.152. The number of nitrogens with one attached hydrogen (secondary N) is 1. The normalized spacial score (nSPS) is 23.2. The molecule has 1 rings (SSSR count). The van der Waals surface area contributed by atoms with E-state index < -0.39 is 11.5 Å². The molecular formula is C13H25ClN2O3. The first kappa shape index (κ1) is 18.2. The molecule has 6 heteroatoms. The van der Waals surface area contributed by atoms with Crippen molar-refractivity contribution < 1.29 is 14.3 Å². The molecule has 2 atom stereocenters. The number of esters is 1. The van der Waals surface area contributed by atoms with Crippen LogP contribution in [0.4, 0.5) is 0 Å². The Morgan fingerprint density at radius 1 is 1.37 bits per heavy atom. The molecule has 1 aliphatic rings. The van der Waals surface area contributed by atoms with E-state index in [0.29, 0.717) is 13.0 Å². The lowest BCUT2D eigenvalue weighted by Gasteiger charge is -2.30. The quantitative estimate of drug-likeness (QED) is 0.767. The predicted molar refractivity (Wildman–Crippen MR) is 76.0 cm³/mol. The van der Waals surface area contributed by atoms with Crippen molar-refractivity contribution in [3.05, 3.63) is 0 Å². The lowest BCUT2D eigenvalue weighted by Crippen LogP contribution is -2.53. The summed E-state index contributed by atoms with van der Waals surface area (Å²) >= 11 is 0. The van der Waals surface area contributed by atoms with E-state index >= 15 is 0 Å². The van der Waals surface area contributed by atoms with Crippen LogP contribution in [0.15, 0.2) is 0 Å². The van der Waals surface area contributed by atoms with E-state index in [1.807, 2.05) is 0 Å². The smallest absolute Gasteiger partial charge is 0.331 e. The highest BCUT2D eigenvalue weighted by molar-refractivity contribution is 5.88. The fourth-order valence-electron chi connectivity index (χ4n) is 2.24. The number of halogens is 1. The van der Waals surface area contributed by atoms with Gasteiger partial charge in [0.2, 0.25) is 5.91 Å². The van der Waals surface area contributed by atoms with E-state index in [2.05, 4.69) is 5.32 Å². The van der Waals surface area contributed by atoms with Crippen LogP contribution in [-0.2, 0) is 14.3 Å². The zero-order valence-corrected chi connectivity index (χ0v) is 12.7. The minimum Gasteiger partial charge on any atom is -0.464 e. The summed E-state index contributed by atoms with van der Waals surface area (Å²) in [7, 11) is 0. The van der Waals surface area contributed by atoms with E-state index in [1.54, 1.807) is 20.8 Å². The van der Waals surface area contributed by atoms with Crippen LogP contribution >= 0.6 is 12.4 Å². The monoisotopic (exact) mass is 292 g/mol. The molecule has 0 aromatic carbocycles. The minimum atomic E-state index is -0.978. The van der Waals surface area contributed by atoms with Gasteiger partial charge in [-0.1, -0.05) is 6.42 Å². The lowest BCUT2D eigenvalue weighted by atomic mass is 9.85. The van der Waals surface area contributed by atoms with Gasteiger partial charge in [0.05, 0.1) is 6.61 Å². The third-order valence-corrected chi connectivity index (χ3v) is 3.31. The van der Waals surface area contributed by atoms with Gasteiger partial charge in [-0.15, -0.1) is 12.4 Å². The largest absolute Gasteiger partial charge is 0.464 e. The maximum absolute atomic E-state index is 12.1. The topological polar surface area (TPSA) is 81.4 Å². The van der Waals surface area contributed by atoms with E-state index in [0.717, 1.165) is 19.3 Å². The average Bonchev–Trinajstić information content (AvgIpc) is 2.28. The number of rotatable bonds is 4. The predicted octanol–water partition coefficient (Wildman–Crippen LogP) is 1.38. The first-order chi connectivity index (χ1) is 8.36. The van der Waals surface area contributed by atoms with Crippen LogP contribution in [-0.4, -0.2) is 30.1 Å². The molecular weight excluding hydrogens is 268 g/mol. The molecule has 0 heterocycles. The molecule has 1 saturated carbocycles. The van der Waals surface area contributed by atoms with E-state index in [-0.39, 0.29) is 30.3 Å². The highest BCUT2D eigenvalue weighted by atomic mass is 35.5. The van der Waals surface area contributed by atoms with Crippen LogP contribution in [0.5, 0.6) is 0 Å². The molecule has 19 heavy (non-hydrogen) atoms. The Labute approximate surface area is 121 Å². The summed E-state index contributed by atoms with van der Waals surface area (Å²) < 4.78 is 4.94. The Kier molecular flexibility index (Phi) is 7.37. The number of nitrogens with two attached hydrogens (primary N) is 1. The van der Waals surface area contributed by atoms with E-state index in [1.165, 1.54) is 0 Å². The van der Waals surface area contributed by atoms with Crippen molar-refractivity contribution >= 4 is 24.3 Å². The van der Waals surface area contributed by atoms with E-state index in [4.69, 9.17) is 10.5 Å². The maximum atomic E-state index is 12.1. The number of amides is 1. The number of hydrogen-bond donors (Lipinski definition) is 2. The SMILES string of the molecule is CCOC(=O)C(C)(C)NC(=O)C1CCCC(N)C1.Cl. The third kappa shape index (κ3) is 5.37. The number of carbonyl (C=O) groups excluding carboxylic acids is 2. The summed E-state index contributed by atoms with van der Waals surface area (Å²) in [6.07, 6.45) is 3.49. The molecule has 112 valence electrons. The summed E-state index contributed by atoms with van der Waals surface area (Å²) in [4.78, 5) is 23.8. The molecule has 0 radical (unpaired) electrons. The van der Waals surface area contributed by atoms with Gasteiger partial charge in [0.15, 0.2) is 0 Å². The summed E-state index contributed by atoms with van der Waals surface area (Å²) in [5, 5.41) is 2.76. The molecule has 0 aliphatic heterocycles. The van der Waals surface area contributed by atoms with Gasteiger partial charge in [0.25, 0.3) is 0 Å². The molecule has 0 aromatic heterocycles. The van der Waals surface area contributed by atoms with Gasteiger partial charge in [0.1, 0.15) is 5.54 Å². The minimum absolute atomic E-state index is 0. The molecule has 1 amide bonds. The third-order valence-electron chi connectivity index (χ3n) is 3.31. The standard InChI is InChI=1S/C13H24N2O3.ClH/c1-4-18-12(17)13(2,3)15-11(16)9-6-5-7-10(14)8-9;/h9-10H,4-8,14H2,1-3H3,(H,15,16);1H. The average molecular weight is 293 g/mol. The maximum Gasteiger partial charge on any atom is 0.331 e. The second-order valence-corrected chi connectivity index (χ2v) is 5.46. The zero-order valence-electron chi connectivity index (χ0n) is 11.9. The first-order valence-electron chi connectivity index (χ1n) is 6.61. The van der Waals surface area contributed by atoms with Crippen LogP contribution in [0.2, 0.25) is 0 Å². The van der Waals surface area contributed by atoms with Crippen molar-refractivity contribution in [3.8, 4) is 0 Å². The fourth-order valence-corrected chi connectivity index (χ4v) is 2.24. The molecule has 0 aromatic rings. The summed E-state index contributed by atoms with van der Waals surface area (Å²) in [6.45, 7) is 5.37. The van der Waals surface area contributed by atoms with Gasteiger partial charge >= 0.3 is 5.97 Å². The van der Waals surface area contributed by atoms with Crippen LogP contribution in [0, 0.1) is 5.92 Å². The van der Waals surface area contributed by atoms with Gasteiger partial charge in [-0.3, -0.25) is 4.79 Å². The van der Waals surface area contributed by atoms with Crippen molar-refractivity contribution in [2.75, 3.05) is 6.61 Å². The van der Waals surface area contributed by atoms with Gasteiger partial charge < -0.3 is 15.8 Å². The highest BCUT2D eigenvalue weighted by Crippen LogP contribution is 2.24. The summed E-state index contributed by atoms with van der Waals surface area (Å²) in [5.41, 5.74) is 4.89. The van der Waals surface area contributed by atoms with Gasteiger partial charge in [-0.05, 0) is 40.0 Å². The van der Waals surface area contributed by atoms with Crippen LogP contribution in [0.25, 0.3) is 0 Å². The van der Waals surface area contributed by atoms with Gasteiger partial charge in [-0.2, -0.15) is 0 Å². The molecule has 2 unspecified atom stereocenters. The molecule has 0 spiro atoms. The second-order valence-electron chi connectivity index (χ2n) is 5.46. The summed E-state index contributed by atoms with van der Waals surface area (Å²) in [5.74, 6) is -0.580. The van der Waals surface area contributed by atoms with Crippen LogP contribution in [0.1, 0.15) is 46.5 Å². The molecule has 3 N–H and O–H groups in total. The Hall–Kier alpha value is -0.810. The van der Waals surface area contributed by atoms with Crippen molar-refractivity contribution in [1.82, 2.24) is 5.32 Å². The number of ether oxygens (including phenoxy) is 1. The van der Waals surface area contributed by atoms with Gasteiger partial charge in [-0.25, -0.2) is 4.79 Å². The van der Waals surface area contributed by atoms with Crippen LogP contribution in [0.3, 0.4) is 0 Å². The number of hydrogen-bond acceptors (Lipinski definition) is 4. The zero-order chi connectivity index (χ0) is 13.8. The Morgan fingerprint density at radius 3 is 2.53 bits per heavy atom. The first-order valence-corrected chi connectivity index (χ1v) is 6.61. The van der Waals surface area contributed by atoms with Gasteiger partial charge in [0, 0.05) is 12.0 Å². The van der Waals surface area contributed by atoms with Crippen molar-refractivity contribution in [2.24, 2.45) is 11.7 Å².